The summed E-state index contributed by atoms with van der Waals surface area (Å²) < 4.78 is 0. The Morgan fingerprint density at radius 1 is 1.46 bits per heavy atom. The number of hydrogen-bond acceptors (Lipinski definition) is 3. The van der Waals surface area contributed by atoms with Crippen molar-refractivity contribution in [2.24, 2.45) is 17.6 Å². The average molecular weight is 186 g/mol. The van der Waals surface area contributed by atoms with Crippen LogP contribution in [-0.2, 0) is 4.84 Å². The molecule has 2 unspecified atom stereocenters. The second-order valence-electron chi connectivity index (χ2n) is 4.36. The van der Waals surface area contributed by atoms with E-state index in [1.807, 2.05) is 0 Å². The van der Waals surface area contributed by atoms with Crippen molar-refractivity contribution in [3.8, 4) is 0 Å². The molecule has 3 heteroatoms. The van der Waals surface area contributed by atoms with Crippen LogP contribution in [0.3, 0.4) is 0 Å². The summed E-state index contributed by atoms with van der Waals surface area (Å²) in [4.78, 5) is 5.41. The zero-order valence-corrected chi connectivity index (χ0v) is 8.75. The lowest BCUT2D eigenvalue weighted by Gasteiger charge is -2.19. The summed E-state index contributed by atoms with van der Waals surface area (Å²) in [7, 11) is 0. The maximum Gasteiger partial charge on any atom is 0.0705 e. The van der Waals surface area contributed by atoms with Crippen molar-refractivity contribution in [2.75, 3.05) is 13.2 Å². The average Bonchev–Trinajstić information content (AvgIpc) is 2.51. The highest BCUT2D eigenvalue weighted by Gasteiger charge is 2.25. The van der Waals surface area contributed by atoms with Crippen LogP contribution in [0.25, 0.3) is 0 Å². The standard InChI is InChI=1S/C10H22N2O/c1-8(2)7-13-12-10-5-3-4-9(10)6-11/h8-10,12H,3-7,11H2,1-2H3. The maximum absolute atomic E-state index is 5.66. The Morgan fingerprint density at radius 3 is 2.85 bits per heavy atom. The van der Waals surface area contributed by atoms with Crippen molar-refractivity contribution in [1.29, 1.82) is 0 Å². The van der Waals surface area contributed by atoms with E-state index in [1.165, 1.54) is 19.3 Å². The van der Waals surface area contributed by atoms with Crippen molar-refractivity contribution < 1.29 is 4.84 Å². The molecular weight excluding hydrogens is 164 g/mol. The highest BCUT2D eigenvalue weighted by Crippen LogP contribution is 2.24. The van der Waals surface area contributed by atoms with Gasteiger partial charge in [0.1, 0.15) is 0 Å². The van der Waals surface area contributed by atoms with E-state index in [2.05, 4.69) is 19.3 Å². The Morgan fingerprint density at radius 2 is 2.23 bits per heavy atom. The van der Waals surface area contributed by atoms with Gasteiger partial charge in [-0.25, -0.2) is 0 Å². The van der Waals surface area contributed by atoms with E-state index in [1.54, 1.807) is 0 Å². The molecule has 0 aromatic rings. The van der Waals surface area contributed by atoms with Gasteiger partial charge in [0.05, 0.1) is 6.61 Å². The summed E-state index contributed by atoms with van der Waals surface area (Å²) in [6.07, 6.45) is 3.74. The van der Waals surface area contributed by atoms with Crippen molar-refractivity contribution in [1.82, 2.24) is 5.48 Å². The molecule has 0 spiro atoms. The Labute approximate surface area is 81.0 Å². The number of nitrogens with two attached hydrogens (primary N) is 1. The molecule has 3 nitrogen and oxygen atoms in total. The first-order valence-electron chi connectivity index (χ1n) is 5.31. The van der Waals surface area contributed by atoms with Gasteiger partial charge in [-0.15, -0.1) is 0 Å². The van der Waals surface area contributed by atoms with Crippen molar-refractivity contribution >= 4 is 0 Å². The van der Waals surface area contributed by atoms with Crippen LogP contribution >= 0.6 is 0 Å². The third kappa shape index (κ3) is 3.63. The van der Waals surface area contributed by atoms with Gasteiger partial charge in [0, 0.05) is 6.04 Å². The van der Waals surface area contributed by atoms with E-state index >= 15 is 0 Å². The van der Waals surface area contributed by atoms with Crippen molar-refractivity contribution in [3.63, 3.8) is 0 Å². The quantitative estimate of drug-likeness (QED) is 0.636. The fourth-order valence-corrected chi connectivity index (χ4v) is 1.80. The highest BCUT2D eigenvalue weighted by molar-refractivity contribution is 4.81. The molecule has 78 valence electrons. The van der Waals surface area contributed by atoms with Gasteiger partial charge in [-0.1, -0.05) is 20.3 Å². The topological polar surface area (TPSA) is 47.3 Å². The summed E-state index contributed by atoms with van der Waals surface area (Å²) in [5.41, 5.74) is 8.79. The van der Waals surface area contributed by atoms with Crippen LogP contribution in [0.1, 0.15) is 33.1 Å². The Hall–Kier alpha value is -0.120. The lowest BCUT2D eigenvalue weighted by molar-refractivity contribution is -0.00646. The summed E-state index contributed by atoms with van der Waals surface area (Å²) in [6, 6.07) is 0.490. The van der Waals surface area contributed by atoms with E-state index in [0.717, 1.165) is 13.2 Å². The van der Waals surface area contributed by atoms with Gasteiger partial charge >= 0.3 is 0 Å². The molecule has 1 rings (SSSR count). The van der Waals surface area contributed by atoms with Gasteiger partial charge in [0.15, 0.2) is 0 Å². The Bertz CT molecular complexity index is 139. The van der Waals surface area contributed by atoms with Gasteiger partial charge in [-0.2, -0.15) is 5.48 Å². The number of rotatable bonds is 5. The summed E-state index contributed by atoms with van der Waals surface area (Å²) >= 11 is 0. The van der Waals surface area contributed by atoms with Gasteiger partial charge in [-0.05, 0) is 31.2 Å². The first-order valence-corrected chi connectivity index (χ1v) is 5.31. The molecule has 1 fully saturated rings. The third-order valence-electron chi connectivity index (χ3n) is 2.61. The highest BCUT2D eigenvalue weighted by atomic mass is 16.6. The minimum absolute atomic E-state index is 0.490. The molecule has 0 aliphatic heterocycles. The molecule has 3 N–H and O–H groups in total. The van der Waals surface area contributed by atoms with E-state index in [-0.39, 0.29) is 0 Å². The molecule has 0 bridgehead atoms. The van der Waals surface area contributed by atoms with Crippen LogP contribution in [0, 0.1) is 11.8 Å². The zero-order valence-electron chi connectivity index (χ0n) is 8.75. The number of hydroxylamine groups is 1. The normalized spacial score (nSPS) is 28.6. The van der Waals surface area contributed by atoms with E-state index in [9.17, 15) is 0 Å². The number of hydrogen-bond donors (Lipinski definition) is 2. The fraction of sp³-hybridized carbons (Fsp3) is 1.00. The SMILES string of the molecule is CC(C)CONC1CCCC1CN. The molecule has 0 saturated heterocycles. The Kier molecular flexibility index (Phi) is 4.70. The first-order chi connectivity index (χ1) is 6.24. The molecule has 0 aromatic carbocycles. The van der Waals surface area contributed by atoms with Crippen LogP contribution in [0.4, 0.5) is 0 Å². The van der Waals surface area contributed by atoms with Gasteiger partial charge in [-0.3, -0.25) is 0 Å². The van der Waals surface area contributed by atoms with Crippen molar-refractivity contribution in [3.05, 3.63) is 0 Å². The number of nitrogens with one attached hydrogen (secondary N) is 1. The third-order valence-corrected chi connectivity index (χ3v) is 2.61. The minimum atomic E-state index is 0.490. The summed E-state index contributed by atoms with van der Waals surface area (Å²) in [6.45, 7) is 5.87. The first kappa shape index (κ1) is 11.0. The lowest BCUT2D eigenvalue weighted by Crippen LogP contribution is -2.36. The van der Waals surface area contributed by atoms with Gasteiger partial charge in [0.25, 0.3) is 0 Å². The molecule has 0 amide bonds. The largest absolute Gasteiger partial charge is 0.330 e. The van der Waals surface area contributed by atoms with Crippen LogP contribution in [0.2, 0.25) is 0 Å². The Balaban J connectivity index is 2.13. The maximum atomic E-state index is 5.66. The van der Waals surface area contributed by atoms with Crippen LogP contribution in [-0.4, -0.2) is 19.2 Å². The molecule has 1 saturated carbocycles. The second kappa shape index (κ2) is 5.58. The van der Waals surface area contributed by atoms with E-state index < -0.39 is 0 Å². The molecule has 2 atom stereocenters. The molecular formula is C10H22N2O. The van der Waals surface area contributed by atoms with Crippen LogP contribution in [0.5, 0.6) is 0 Å². The van der Waals surface area contributed by atoms with E-state index in [0.29, 0.717) is 17.9 Å². The molecule has 1 aliphatic rings. The second-order valence-corrected chi connectivity index (χ2v) is 4.36. The summed E-state index contributed by atoms with van der Waals surface area (Å²) in [5.74, 6) is 1.21. The molecule has 0 radical (unpaired) electrons. The summed E-state index contributed by atoms with van der Waals surface area (Å²) in [5, 5.41) is 0. The van der Waals surface area contributed by atoms with Crippen LogP contribution < -0.4 is 11.2 Å². The lowest BCUT2D eigenvalue weighted by atomic mass is 10.1. The predicted molar refractivity (Wildman–Crippen MR) is 54.1 cm³/mol. The fourth-order valence-electron chi connectivity index (χ4n) is 1.80. The van der Waals surface area contributed by atoms with Gasteiger partial charge in [0.2, 0.25) is 0 Å². The minimum Gasteiger partial charge on any atom is -0.330 e. The predicted octanol–water partition coefficient (Wildman–Crippen LogP) is 1.29. The zero-order chi connectivity index (χ0) is 9.68. The van der Waals surface area contributed by atoms with Gasteiger partial charge < -0.3 is 10.6 Å². The molecule has 1 aliphatic carbocycles. The molecule has 0 heterocycles. The molecule has 13 heavy (non-hydrogen) atoms. The molecule has 0 aromatic heterocycles. The van der Waals surface area contributed by atoms with E-state index in [4.69, 9.17) is 10.6 Å². The van der Waals surface area contributed by atoms with Crippen molar-refractivity contribution in [2.45, 2.75) is 39.2 Å². The monoisotopic (exact) mass is 186 g/mol. The smallest absolute Gasteiger partial charge is 0.0705 e. The van der Waals surface area contributed by atoms with Crippen LogP contribution in [0.15, 0.2) is 0 Å².